The van der Waals surface area contributed by atoms with Crippen molar-refractivity contribution in [1.29, 1.82) is 0 Å². The van der Waals surface area contributed by atoms with Gasteiger partial charge in [-0.25, -0.2) is 0 Å². The number of benzene rings is 1. The maximum atomic E-state index is 11.7. The largest absolute Gasteiger partial charge is 0.493 e. The first kappa shape index (κ1) is 19.7. The van der Waals surface area contributed by atoms with E-state index in [0.717, 1.165) is 31.9 Å². The summed E-state index contributed by atoms with van der Waals surface area (Å²) in [5.74, 6) is 1.52. The third-order valence-corrected chi connectivity index (χ3v) is 4.55. The molecule has 1 saturated heterocycles. The van der Waals surface area contributed by atoms with E-state index < -0.39 is 0 Å². The lowest BCUT2D eigenvalue weighted by Crippen LogP contribution is -2.46. The Hall–Kier alpha value is -1.59. The molecule has 1 amide bonds. The molecule has 140 valence electrons. The maximum Gasteiger partial charge on any atom is 0.221 e. The molecule has 1 aliphatic rings. The van der Waals surface area contributed by atoms with Gasteiger partial charge in [-0.3, -0.25) is 9.69 Å². The van der Waals surface area contributed by atoms with E-state index in [-0.39, 0.29) is 5.91 Å². The fraction of sp³-hybridized carbons (Fsp3) is 0.650. The number of ether oxygens (including phenoxy) is 1. The maximum absolute atomic E-state index is 11.7. The van der Waals surface area contributed by atoms with Gasteiger partial charge in [-0.15, -0.1) is 0 Å². The first-order chi connectivity index (χ1) is 12.1. The number of hydrogen-bond donors (Lipinski definition) is 2. The second-order valence-corrected chi connectivity index (χ2v) is 7.31. The van der Waals surface area contributed by atoms with Crippen LogP contribution in [0.2, 0.25) is 0 Å². The Morgan fingerprint density at radius 2 is 2.08 bits per heavy atom. The Morgan fingerprint density at radius 3 is 2.76 bits per heavy atom. The molecule has 1 atom stereocenters. The first-order valence-corrected chi connectivity index (χ1v) is 9.51. The zero-order chi connectivity index (χ0) is 18.1. The predicted octanol–water partition coefficient (Wildman–Crippen LogP) is 2.54. The molecule has 0 aromatic heterocycles. The van der Waals surface area contributed by atoms with E-state index in [1.807, 2.05) is 0 Å². The lowest BCUT2D eigenvalue weighted by Gasteiger charge is -2.36. The lowest BCUT2D eigenvalue weighted by atomic mass is 10.0. The highest BCUT2D eigenvalue weighted by molar-refractivity contribution is 5.76. The topological polar surface area (TPSA) is 67.6 Å². The SMILES string of the molecule is CC(C)COc1ccc(CN2CCCCC2CNC(=O)CCN)cc1. The van der Waals surface area contributed by atoms with Crippen molar-refractivity contribution in [2.24, 2.45) is 11.7 Å². The second-order valence-electron chi connectivity index (χ2n) is 7.31. The first-order valence-electron chi connectivity index (χ1n) is 9.51. The molecule has 1 aliphatic heterocycles. The number of carbonyl (C=O) groups is 1. The molecule has 5 heteroatoms. The Labute approximate surface area is 151 Å². The Kier molecular flexibility index (Phi) is 8.22. The molecule has 1 aromatic carbocycles. The highest BCUT2D eigenvalue weighted by Crippen LogP contribution is 2.21. The lowest BCUT2D eigenvalue weighted by molar-refractivity contribution is -0.121. The van der Waals surface area contributed by atoms with Crippen molar-refractivity contribution in [2.45, 2.75) is 52.1 Å². The molecular formula is C20H33N3O2. The van der Waals surface area contributed by atoms with E-state index in [1.54, 1.807) is 0 Å². The van der Waals surface area contributed by atoms with Gasteiger partial charge in [0, 0.05) is 32.1 Å². The van der Waals surface area contributed by atoms with E-state index in [9.17, 15) is 4.79 Å². The van der Waals surface area contributed by atoms with E-state index in [1.165, 1.54) is 18.4 Å². The van der Waals surface area contributed by atoms with E-state index in [0.29, 0.717) is 31.5 Å². The standard InChI is InChI=1S/C20H33N3O2/c1-16(2)15-25-19-8-6-17(7-9-19)14-23-12-4-3-5-18(23)13-22-20(24)10-11-21/h6-9,16,18H,3-5,10-15,21H2,1-2H3,(H,22,24). The predicted molar refractivity (Wildman–Crippen MR) is 102 cm³/mol. The van der Waals surface area contributed by atoms with Crippen LogP contribution in [0.25, 0.3) is 0 Å². The van der Waals surface area contributed by atoms with Gasteiger partial charge >= 0.3 is 0 Å². The number of nitrogens with one attached hydrogen (secondary N) is 1. The molecule has 2 rings (SSSR count). The quantitative estimate of drug-likeness (QED) is 0.720. The monoisotopic (exact) mass is 347 g/mol. The Balaban J connectivity index is 1.86. The number of piperidine rings is 1. The number of rotatable bonds is 9. The molecule has 5 nitrogen and oxygen atoms in total. The summed E-state index contributed by atoms with van der Waals surface area (Å²) in [4.78, 5) is 14.2. The van der Waals surface area contributed by atoms with E-state index in [2.05, 4.69) is 48.3 Å². The molecule has 1 unspecified atom stereocenters. The number of hydrogen-bond acceptors (Lipinski definition) is 4. The van der Waals surface area contributed by atoms with Crippen molar-refractivity contribution in [2.75, 3.05) is 26.2 Å². The normalized spacial score (nSPS) is 18.3. The number of amides is 1. The summed E-state index contributed by atoms with van der Waals surface area (Å²) in [6.07, 6.45) is 4.00. The number of likely N-dealkylation sites (tertiary alicyclic amines) is 1. The number of nitrogens with two attached hydrogens (primary N) is 1. The van der Waals surface area contributed by atoms with Gasteiger partial charge in [-0.05, 0) is 43.0 Å². The van der Waals surface area contributed by atoms with Gasteiger partial charge in [0.1, 0.15) is 5.75 Å². The molecule has 0 spiro atoms. The van der Waals surface area contributed by atoms with E-state index in [4.69, 9.17) is 10.5 Å². The molecule has 1 aromatic rings. The second kappa shape index (κ2) is 10.4. The molecule has 0 radical (unpaired) electrons. The van der Waals surface area contributed by atoms with Crippen LogP contribution in [0.4, 0.5) is 0 Å². The average Bonchev–Trinajstić information content (AvgIpc) is 2.60. The van der Waals surface area contributed by atoms with Gasteiger partial charge in [0.15, 0.2) is 0 Å². The van der Waals surface area contributed by atoms with Crippen LogP contribution in [0.15, 0.2) is 24.3 Å². The van der Waals surface area contributed by atoms with Gasteiger partial charge in [0.2, 0.25) is 5.91 Å². The molecule has 3 N–H and O–H groups in total. The van der Waals surface area contributed by atoms with Crippen molar-refractivity contribution in [1.82, 2.24) is 10.2 Å². The summed E-state index contributed by atoms with van der Waals surface area (Å²) in [5, 5.41) is 3.02. The average molecular weight is 348 g/mol. The van der Waals surface area contributed by atoms with Crippen molar-refractivity contribution in [3.63, 3.8) is 0 Å². The van der Waals surface area contributed by atoms with E-state index >= 15 is 0 Å². The van der Waals surface area contributed by atoms with Crippen LogP contribution in [-0.4, -0.2) is 43.1 Å². The summed E-state index contributed by atoms with van der Waals surface area (Å²) >= 11 is 0. The van der Waals surface area contributed by atoms with Gasteiger partial charge in [-0.2, -0.15) is 0 Å². The zero-order valence-corrected chi connectivity index (χ0v) is 15.7. The van der Waals surface area contributed by atoms with Crippen LogP contribution in [0.1, 0.15) is 45.1 Å². The number of carbonyl (C=O) groups excluding carboxylic acids is 1. The molecular weight excluding hydrogens is 314 g/mol. The van der Waals surface area contributed by atoms with Gasteiger partial charge < -0.3 is 15.8 Å². The summed E-state index contributed by atoms with van der Waals surface area (Å²) in [6, 6.07) is 8.81. The third-order valence-electron chi connectivity index (χ3n) is 4.55. The fourth-order valence-corrected chi connectivity index (χ4v) is 3.14. The minimum Gasteiger partial charge on any atom is -0.493 e. The van der Waals surface area contributed by atoms with Crippen LogP contribution in [0, 0.1) is 5.92 Å². The molecule has 0 saturated carbocycles. The molecule has 1 fully saturated rings. The Bertz CT molecular complexity index is 516. The smallest absolute Gasteiger partial charge is 0.221 e. The number of nitrogens with zero attached hydrogens (tertiary/aromatic N) is 1. The van der Waals surface area contributed by atoms with Crippen LogP contribution in [-0.2, 0) is 11.3 Å². The van der Waals surface area contributed by atoms with Crippen molar-refractivity contribution in [3.05, 3.63) is 29.8 Å². The van der Waals surface area contributed by atoms with Crippen molar-refractivity contribution in [3.8, 4) is 5.75 Å². The molecule has 1 heterocycles. The summed E-state index contributed by atoms with van der Waals surface area (Å²) < 4.78 is 5.75. The van der Waals surface area contributed by atoms with Gasteiger partial charge in [0.25, 0.3) is 0 Å². The van der Waals surface area contributed by atoms with Crippen LogP contribution in [0.3, 0.4) is 0 Å². The highest BCUT2D eigenvalue weighted by atomic mass is 16.5. The minimum atomic E-state index is 0.0553. The van der Waals surface area contributed by atoms with Crippen LogP contribution >= 0.6 is 0 Å². The van der Waals surface area contributed by atoms with Gasteiger partial charge in [0.05, 0.1) is 6.61 Å². The van der Waals surface area contributed by atoms with Crippen LogP contribution in [0.5, 0.6) is 5.75 Å². The van der Waals surface area contributed by atoms with Crippen LogP contribution < -0.4 is 15.8 Å². The molecule has 0 bridgehead atoms. The fourth-order valence-electron chi connectivity index (χ4n) is 3.14. The third kappa shape index (κ3) is 7.04. The molecule has 25 heavy (non-hydrogen) atoms. The summed E-state index contributed by atoms with van der Waals surface area (Å²) in [7, 11) is 0. The summed E-state index contributed by atoms with van der Waals surface area (Å²) in [6.45, 7) is 8.18. The van der Waals surface area contributed by atoms with Crippen molar-refractivity contribution < 1.29 is 9.53 Å². The minimum absolute atomic E-state index is 0.0553. The highest BCUT2D eigenvalue weighted by Gasteiger charge is 2.22. The summed E-state index contributed by atoms with van der Waals surface area (Å²) in [5.41, 5.74) is 6.73. The van der Waals surface area contributed by atoms with Crippen molar-refractivity contribution >= 4 is 5.91 Å². The molecule has 0 aliphatic carbocycles. The Morgan fingerprint density at radius 1 is 1.32 bits per heavy atom. The van der Waals surface area contributed by atoms with Gasteiger partial charge in [-0.1, -0.05) is 32.4 Å². The zero-order valence-electron chi connectivity index (χ0n) is 15.7.